The van der Waals surface area contributed by atoms with Gasteiger partial charge in [0.05, 0.1) is 0 Å². The van der Waals surface area contributed by atoms with Crippen molar-refractivity contribution in [3.05, 3.63) is 50.7 Å². The lowest BCUT2D eigenvalue weighted by Crippen LogP contribution is -2.46. The van der Waals surface area contributed by atoms with E-state index in [2.05, 4.69) is 11.9 Å². The van der Waals surface area contributed by atoms with Gasteiger partial charge in [-0.25, -0.2) is 4.79 Å². The number of rotatable bonds is 11. The van der Waals surface area contributed by atoms with Crippen LogP contribution in [-0.2, 0) is 11.3 Å². The smallest absolute Gasteiger partial charge is 0.330 e. The Morgan fingerprint density at radius 1 is 1.19 bits per heavy atom. The second-order valence-corrected chi connectivity index (χ2v) is 7.77. The molecule has 1 heterocycles. The molecule has 1 unspecified atom stereocenters. The van der Waals surface area contributed by atoms with Gasteiger partial charge in [-0.05, 0) is 44.4 Å². The SMILES string of the molecule is CCCCCN(C(=O)C(C)Oc1cccc(C)c1)c1c(N)n(CCCC)c(=O)[nH]c1=O. The molecule has 1 aromatic carbocycles. The zero-order valence-corrected chi connectivity index (χ0v) is 18.9. The highest BCUT2D eigenvalue weighted by Crippen LogP contribution is 2.21. The quantitative estimate of drug-likeness (QED) is 0.532. The summed E-state index contributed by atoms with van der Waals surface area (Å²) >= 11 is 0. The number of ether oxygens (including phenoxy) is 1. The van der Waals surface area contributed by atoms with Gasteiger partial charge in [-0.2, -0.15) is 0 Å². The first-order valence-corrected chi connectivity index (χ1v) is 11.0. The Morgan fingerprint density at radius 2 is 1.90 bits per heavy atom. The van der Waals surface area contributed by atoms with E-state index in [1.165, 1.54) is 9.47 Å². The maximum absolute atomic E-state index is 13.3. The van der Waals surface area contributed by atoms with E-state index in [0.29, 0.717) is 25.3 Å². The molecular formula is C23H34N4O4. The van der Waals surface area contributed by atoms with Crippen LogP contribution in [0.4, 0.5) is 11.5 Å². The molecule has 2 rings (SSSR count). The average molecular weight is 431 g/mol. The van der Waals surface area contributed by atoms with Gasteiger partial charge < -0.3 is 15.4 Å². The summed E-state index contributed by atoms with van der Waals surface area (Å²) in [5, 5.41) is 0. The normalized spacial score (nSPS) is 11.9. The number of nitrogens with zero attached hydrogens (tertiary/aromatic N) is 2. The molecule has 8 nitrogen and oxygen atoms in total. The number of aromatic amines is 1. The number of hydrogen-bond acceptors (Lipinski definition) is 5. The number of carbonyl (C=O) groups is 1. The van der Waals surface area contributed by atoms with E-state index in [1.54, 1.807) is 13.0 Å². The van der Waals surface area contributed by atoms with Gasteiger partial charge in [-0.1, -0.05) is 45.2 Å². The molecule has 2 aromatic rings. The molecule has 0 aliphatic rings. The number of hydrogen-bond donors (Lipinski definition) is 2. The van der Waals surface area contributed by atoms with Crippen LogP contribution in [0, 0.1) is 6.92 Å². The van der Waals surface area contributed by atoms with Crippen LogP contribution in [-0.4, -0.2) is 28.1 Å². The van der Waals surface area contributed by atoms with Gasteiger partial charge in [-0.3, -0.25) is 19.1 Å². The van der Waals surface area contributed by atoms with Gasteiger partial charge >= 0.3 is 5.69 Å². The molecule has 0 aliphatic carbocycles. The molecule has 3 N–H and O–H groups in total. The first kappa shape index (κ1) is 24.2. The van der Waals surface area contributed by atoms with Gasteiger partial charge in [0.15, 0.2) is 11.8 Å². The number of benzene rings is 1. The van der Waals surface area contributed by atoms with Gasteiger partial charge in [0, 0.05) is 13.1 Å². The number of aromatic nitrogens is 2. The zero-order chi connectivity index (χ0) is 23.0. The molecule has 0 aliphatic heterocycles. The molecule has 0 saturated carbocycles. The fourth-order valence-corrected chi connectivity index (χ4v) is 3.39. The van der Waals surface area contributed by atoms with Crippen molar-refractivity contribution in [2.45, 2.75) is 72.4 Å². The van der Waals surface area contributed by atoms with Crippen LogP contribution in [0.25, 0.3) is 0 Å². The fourth-order valence-electron chi connectivity index (χ4n) is 3.39. The molecule has 0 fully saturated rings. The highest BCUT2D eigenvalue weighted by atomic mass is 16.5. The van der Waals surface area contributed by atoms with Gasteiger partial charge in [-0.15, -0.1) is 0 Å². The maximum Gasteiger partial charge on any atom is 0.330 e. The van der Waals surface area contributed by atoms with Crippen LogP contribution in [0.5, 0.6) is 5.75 Å². The maximum atomic E-state index is 13.3. The number of nitrogens with two attached hydrogens (primary N) is 1. The first-order valence-electron chi connectivity index (χ1n) is 11.0. The highest BCUT2D eigenvalue weighted by molar-refractivity contribution is 5.98. The largest absolute Gasteiger partial charge is 0.481 e. The molecule has 0 bridgehead atoms. The van der Waals surface area contributed by atoms with Crippen molar-refractivity contribution in [1.82, 2.24) is 9.55 Å². The van der Waals surface area contributed by atoms with E-state index in [1.807, 2.05) is 32.0 Å². The molecule has 1 atom stereocenters. The average Bonchev–Trinajstić information content (AvgIpc) is 2.72. The topological polar surface area (TPSA) is 110 Å². The minimum atomic E-state index is -0.835. The highest BCUT2D eigenvalue weighted by Gasteiger charge is 2.28. The number of amides is 1. The van der Waals surface area contributed by atoms with Gasteiger partial charge in [0.1, 0.15) is 11.6 Å². The van der Waals surface area contributed by atoms with Crippen molar-refractivity contribution >= 4 is 17.4 Å². The van der Waals surface area contributed by atoms with Gasteiger partial charge in [0.2, 0.25) is 0 Å². The number of unbranched alkanes of at least 4 members (excludes halogenated alkanes) is 3. The van der Waals surface area contributed by atoms with E-state index in [4.69, 9.17) is 10.5 Å². The molecule has 170 valence electrons. The number of nitrogen functional groups attached to an aromatic ring is 1. The molecule has 0 saturated heterocycles. The lowest BCUT2D eigenvalue weighted by Gasteiger charge is -2.27. The lowest BCUT2D eigenvalue weighted by molar-refractivity contribution is -0.124. The van der Waals surface area contributed by atoms with E-state index in [-0.39, 0.29) is 17.4 Å². The molecular weight excluding hydrogens is 396 g/mol. The third-order valence-corrected chi connectivity index (χ3v) is 5.12. The Bertz CT molecular complexity index is 996. The number of nitrogens with one attached hydrogen (secondary N) is 1. The van der Waals surface area contributed by atoms with E-state index in [9.17, 15) is 14.4 Å². The summed E-state index contributed by atoms with van der Waals surface area (Å²) in [5.74, 6) is 0.203. The number of anilines is 2. The summed E-state index contributed by atoms with van der Waals surface area (Å²) in [4.78, 5) is 42.0. The minimum Gasteiger partial charge on any atom is -0.481 e. The zero-order valence-electron chi connectivity index (χ0n) is 18.9. The summed E-state index contributed by atoms with van der Waals surface area (Å²) in [7, 11) is 0. The number of H-pyrrole nitrogens is 1. The summed E-state index contributed by atoms with van der Waals surface area (Å²) in [5.41, 5.74) is 6.05. The molecule has 0 spiro atoms. The Morgan fingerprint density at radius 3 is 2.55 bits per heavy atom. The van der Waals surface area contributed by atoms with Crippen LogP contribution in [0.1, 0.15) is 58.4 Å². The summed E-state index contributed by atoms with van der Waals surface area (Å²) in [6.45, 7) is 8.33. The van der Waals surface area contributed by atoms with E-state index >= 15 is 0 Å². The van der Waals surface area contributed by atoms with Crippen molar-refractivity contribution in [2.24, 2.45) is 0 Å². The predicted molar refractivity (Wildman–Crippen MR) is 124 cm³/mol. The summed E-state index contributed by atoms with van der Waals surface area (Å²) in [6, 6.07) is 7.42. The van der Waals surface area contributed by atoms with Crippen molar-refractivity contribution in [2.75, 3.05) is 17.2 Å². The second kappa shape index (κ2) is 11.4. The Hall–Kier alpha value is -3.03. The fraction of sp³-hybridized carbons (Fsp3) is 0.522. The van der Waals surface area contributed by atoms with Crippen molar-refractivity contribution in [3.63, 3.8) is 0 Å². The van der Waals surface area contributed by atoms with Crippen LogP contribution in [0.2, 0.25) is 0 Å². The molecule has 1 amide bonds. The molecule has 8 heteroatoms. The van der Waals surface area contributed by atoms with E-state index in [0.717, 1.165) is 31.2 Å². The lowest BCUT2D eigenvalue weighted by atomic mass is 10.2. The van der Waals surface area contributed by atoms with Crippen molar-refractivity contribution in [3.8, 4) is 5.75 Å². The third kappa shape index (κ3) is 6.23. The Kier molecular flexibility index (Phi) is 8.90. The first-order chi connectivity index (χ1) is 14.8. The Balaban J connectivity index is 2.42. The predicted octanol–water partition coefficient (Wildman–Crippen LogP) is 3.22. The van der Waals surface area contributed by atoms with Crippen molar-refractivity contribution < 1.29 is 9.53 Å². The standard InChI is InChI=1S/C23H34N4O4/c1-5-7-9-14-26(22(29)17(4)31-18-12-10-11-16(3)15-18)19-20(24)27(13-8-6-2)23(30)25-21(19)28/h10-12,15,17H,5-9,13-14,24H2,1-4H3,(H,25,28,30). The van der Waals surface area contributed by atoms with Gasteiger partial charge in [0.25, 0.3) is 11.5 Å². The number of carbonyl (C=O) groups excluding carboxylic acids is 1. The Labute approximate surface area is 183 Å². The monoisotopic (exact) mass is 430 g/mol. The van der Waals surface area contributed by atoms with Crippen LogP contribution < -0.4 is 26.6 Å². The second-order valence-electron chi connectivity index (χ2n) is 7.77. The van der Waals surface area contributed by atoms with Crippen molar-refractivity contribution in [1.29, 1.82) is 0 Å². The summed E-state index contributed by atoms with van der Waals surface area (Å²) in [6.07, 6.45) is 3.31. The summed E-state index contributed by atoms with van der Waals surface area (Å²) < 4.78 is 7.18. The molecule has 0 radical (unpaired) electrons. The van der Waals surface area contributed by atoms with Crippen LogP contribution in [0.3, 0.4) is 0 Å². The van der Waals surface area contributed by atoms with Crippen LogP contribution >= 0.6 is 0 Å². The number of aryl methyl sites for hydroxylation is 1. The minimum absolute atomic E-state index is 0.00908. The third-order valence-electron chi connectivity index (χ3n) is 5.12. The molecule has 1 aromatic heterocycles. The van der Waals surface area contributed by atoms with E-state index < -0.39 is 17.4 Å². The van der Waals surface area contributed by atoms with Crippen LogP contribution in [0.15, 0.2) is 33.9 Å². The molecule has 31 heavy (non-hydrogen) atoms.